The number of benzene rings is 3. The van der Waals surface area contributed by atoms with Gasteiger partial charge in [-0.05, 0) is 22.3 Å². The van der Waals surface area contributed by atoms with Gasteiger partial charge in [0.15, 0.2) is 0 Å². The Hall–Kier alpha value is -3.65. The lowest BCUT2D eigenvalue weighted by Crippen LogP contribution is -2.09. The van der Waals surface area contributed by atoms with Gasteiger partial charge in [0.25, 0.3) is 0 Å². The van der Waals surface area contributed by atoms with Gasteiger partial charge in [0.2, 0.25) is 0 Å². The highest BCUT2D eigenvalue weighted by Crippen LogP contribution is 2.43. The van der Waals surface area contributed by atoms with E-state index in [9.17, 15) is 4.39 Å². The molecule has 0 amide bonds. The van der Waals surface area contributed by atoms with E-state index >= 15 is 0 Å². The lowest BCUT2D eigenvalue weighted by molar-refractivity contribution is 0.451. The van der Waals surface area contributed by atoms with Gasteiger partial charge in [0.1, 0.15) is 18.3 Å². The molecule has 1 nitrogen and oxygen atoms in total. The topological polar surface area (TPSA) is 9.23 Å². The average molecular weight is 453 g/mol. The van der Waals surface area contributed by atoms with E-state index < -0.39 is 0 Å². The van der Waals surface area contributed by atoms with Crippen LogP contribution in [0.15, 0.2) is 122 Å². The molecule has 0 saturated heterocycles. The normalized spacial score (nSPS) is 14.4. The van der Waals surface area contributed by atoms with Gasteiger partial charge in [-0.25, -0.2) is 4.39 Å². The molecule has 0 aromatic heterocycles. The zero-order chi connectivity index (χ0) is 24.5. The van der Waals surface area contributed by atoms with Crippen LogP contribution in [0.25, 0.3) is 0 Å². The molecule has 0 heterocycles. The van der Waals surface area contributed by atoms with E-state index in [1.807, 2.05) is 36.4 Å². The maximum absolute atomic E-state index is 13.1. The van der Waals surface area contributed by atoms with E-state index in [2.05, 4.69) is 82.5 Å². The van der Waals surface area contributed by atoms with E-state index in [1.54, 1.807) is 6.08 Å². The van der Waals surface area contributed by atoms with Gasteiger partial charge < -0.3 is 4.74 Å². The number of hydrogen-bond donors (Lipinski definition) is 0. The molecule has 0 N–H and O–H groups in total. The highest BCUT2D eigenvalue weighted by atomic mass is 19.1. The molecule has 0 radical (unpaired) electrons. The summed E-state index contributed by atoms with van der Waals surface area (Å²) in [7, 11) is 0. The van der Waals surface area contributed by atoms with Crippen LogP contribution in [0.4, 0.5) is 4.39 Å². The van der Waals surface area contributed by atoms with Gasteiger partial charge >= 0.3 is 0 Å². The first-order valence-corrected chi connectivity index (χ1v) is 11.7. The van der Waals surface area contributed by atoms with Crippen LogP contribution in [-0.2, 0) is 0 Å². The number of allylic oxidation sites excluding steroid dienone is 4. The highest BCUT2D eigenvalue weighted by Gasteiger charge is 2.24. The van der Waals surface area contributed by atoms with E-state index in [1.165, 1.54) is 16.7 Å². The fourth-order valence-electron chi connectivity index (χ4n) is 4.38. The lowest BCUT2D eigenvalue weighted by Gasteiger charge is -2.26. The third-order valence-corrected chi connectivity index (χ3v) is 6.48. The van der Waals surface area contributed by atoms with Crippen molar-refractivity contribution in [1.29, 1.82) is 0 Å². The summed E-state index contributed by atoms with van der Waals surface area (Å²) in [4.78, 5) is 0. The Morgan fingerprint density at radius 2 is 1.35 bits per heavy atom. The van der Waals surface area contributed by atoms with Crippen LogP contribution in [0.2, 0.25) is 0 Å². The van der Waals surface area contributed by atoms with Crippen molar-refractivity contribution in [3.8, 4) is 5.75 Å². The van der Waals surface area contributed by atoms with Gasteiger partial charge in [-0.1, -0.05) is 125 Å². The molecular formula is C32H33FO. The van der Waals surface area contributed by atoms with Crippen LogP contribution >= 0.6 is 0 Å². The van der Waals surface area contributed by atoms with Crippen LogP contribution in [0.1, 0.15) is 66.3 Å². The Kier molecular flexibility index (Phi) is 8.81. The SMILES string of the molecule is C=C/C=C(\C=C)C(C)c1cc(C(C)c2ccccc2)cc(C(C)c2ccccc2)c1O/C=C/F. The van der Waals surface area contributed by atoms with Gasteiger partial charge in [-0.3, -0.25) is 0 Å². The standard InChI is InChI=1S/C32H33FO/c1-6-14-26(7-2)24(4)30-21-29(23(3)27-15-10-8-11-16-27)22-31(32(30)34-20-19-33)25(5)28-17-12-9-13-18-28/h6-25H,1-2H2,3-5H3/b20-19+,26-14+. The summed E-state index contributed by atoms with van der Waals surface area (Å²) >= 11 is 0. The highest BCUT2D eigenvalue weighted by molar-refractivity contribution is 5.55. The molecule has 3 rings (SSSR count). The molecule has 2 heteroatoms. The third kappa shape index (κ3) is 5.63. The molecule has 0 saturated carbocycles. The van der Waals surface area contributed by atoms with Gasteiger partial charge in [-0.15, -0.1) is 0 Å². The van der Waals surface area contributed by atoms with Crippen molar-refractivity contribution in [3.05, 3.63) is 150 Å². The molecule has 0 fully saturated rings. The first kappa shape index (κ1) is 25.0. The predicted molar refractivity (Wildman–Crippen MR) is 142 cm³/mol. The predicted octanol–water partition coefficient (Wildman–Crippen LogP) is 9.21. The summed E-state index contributed by atoms with van der Waals surface area (Å²) in [5.74, 6) is 0.880. The fourth-order valence-corrected chi connectivity index (χ4v) is 4.38. The van der Waals surface area contributed by atoms with Crippen LogP contribution in [0.3, 0.4) is 0 Å². The maximum Gasteiger partial charge on any atom is 0.134 e. The van der Waals surface area contributed by atoms with Crippen molar-refractivity contribution >= 4 is 0 Å². The van der Waals surface area contributed by atoms with Crippen LogP contribution in [0, 0.1) is 0 Å². The van der Waals surface area contributed by atoms with Crippen molar-refractivity contribution in [2.45, 2.75) is 38.5 Å². The minimum absolute atomic E-state index is 0.0249. The van der Waals surface area contributed by atoms with Crippen LogP contribution in [0.5, 0.6) is 5.75 Å². The number of hydrogen-bond acceptors (Lipinski definition) is 1. The largest absolute Gasteiger partial charge is 0.462 e. The van der Waals surface area contributed by atoms with E-state index in [4.69, 9.17) is 4.74 Å². The molecular weight excluding hydrogens is 419 g/mol. The molecule has 3 unspecified atom stereocenters. The first-order chi connectivity index (χ1) is 16.5. The summed E-state index contributed by atoms with van der Waals surface area (Å²) in [5.41, 5.74) is 6.63. The molecule has 0 aliphatic heterocycles. The van der Waals surface area contributed by atoms with Crippen molar-refractivity contribution in [2.24, 2.45) is 0 Å². The van der Waals surface area contributed by atoms with Crippen molar-refractivity contribution in [3.63, 3.8) is 0 Å². The molecule has 3 aromatic carbocycles. The van der Waals surface area contributed by atoms with Crippen molar-refractivity contribution in [2.75, 3.05) is 0 Å². The summed E-state index contributed by atoms with van der Waals surface area (Å²) < 4.78 is 19.0. The molecule has 3 aromatic rings. The smallest absolute Gasteiger partial charge is 0.134 e. The number of halogens is 1. The average Bonchev–Trinajstić information content (AvgIpc) is 2.89. The number of rotatable bonds is 10. The summed E-state index contributed by atoms with van der Waals surface area (Å²) in [6, 6.07) is 25.2. The summed E-state index contributed by atoms with van der Waals surface area (Å²) in [5, 5.41) is 0. The molecule has 3 atom stereocenters. The van der Waals surface area contributed by atoms with Crippen molar-refractivity contribution < 1.29 is 9.13 Å². The summed E-state index contributed by atoms with van der Waals surface area (Å²) in [6.45, 7) is 14.3. The zero-order valence-electron chi connectivity index (χ0n) is 20.2. The van der Waals surface area contributed by atoms with Gasteiger partial charge in [-0.2, -0.15) is 0 Å². The first-order valence-electron chi connectivity index (χ1n) is 11.7. The molecule has 0 spiro atoms. The fraction of sp³-hybridized carbons (Fsp3) is 0.188. The van der Waals surface area contributed by atoms with Gasteiger partial charge in [0.05, 0.1) is 0 Å². The Balaban J connectivity index is 2.28. The van der Waals surface area contributed by atoms with Crippen LogP contribution in [-0.4, -0.2) is 0 Å². The van der Waals surface area contributed by atoms with Gasteiger partial charge in [0, 0.05) is 28.9 Å². The zero-order valence-corrected chi connectivity index (χ0v) is 20.2. The molecule has 34 heavy (non-hydrogen) atoms. The third-order valence-electron chi connectivity index (χ3n) is 6.48. The second kappa shape index (κ2) is 12.0. The molecule has 0 aliphatic carbocycles. The summed E-state index contributed by atoms with van der Waals surface area (Å²) in [6.07, 6.45) is 7.10. The molecule has 174 valence electrons. The molecule has 0 aliphatic rings. The van der Waals surface area contributed by atoms with E-state index in [0.717, 1.165) is 23.0 Å². The molecule has 0 bridgehead atoms. The Bertz CT molecular complexity index is 1160. The second-order valence-corrected chi connectivity index (χ2v) is 8.50. The minimum atomic E-state index is -0.0249. The van der Waals surface area contributed by atoms with Crippen molar-refractivity contribution in [1.82, 2.24) is 0 Å². The van der Waals surface area contributed by atoms with E-state index in [0.29, 0.717) is 12.1 Å². The Labute approximate surface area is 203 Å². The minimum Gasteiger partial charge on any atom is -0.462 e. The maximum atomic E-state index is 13.1. The lowest BCUT2D eigenvalue weighted by atomic mass is 9.81. The Morgan fingerprint density at radius 1 is 0.794 bits per heavy atom. The van der Waals surface area contributed by atoms with Crippen LogP contribution < -0.4 is 4.74 Å². The Morgan fingerprint density at radius 3 is 1.88 bits per heavy atom. The monoisotopic (exact) mass is 452 g/mol. The van der Waals surface area contributed by atoms with E-state index in [-0.39, 0.29) is 17.8 Å². The number of ether oxygens (including phenoxy) is 1. The quantitative estimate of drug-likeness (QED) is 0.220. The second-order valence-electron chi connectivity index (χ2n) is 8.50.